The van der Waals surface area contributed by atoms with Crippen molar-refractivity contribution in [2.24, 2.45) is 0 Å². The predicted octanol–water partition coefficient (Wildman–Crippen LogP) is 5.69. The fraction of sp³-hybridized carbons (Fsp3) is 0.115. The molecule has 1 N–H and O–H groups in total. The van der Waals surface area contributed by atoms with E-state index >= 15 is 0 Å². The molecule has 0 unspecified atom stereocenters. The van der Waals surface area contributed by atoms with Gasteiger partial charge in [0.2, 0.25) is 0 Å². The lowest BCUT2D eigenvalue weighted by molar-refractivity contribution is 0.0518. The summed E-state index contributed by atoms with van der Waals surface area (Å²) in [4.78, 5) is 24.9. The van der Waals surface area contributed by atoms with Gasteiger partial charge in [0.25, 0.3) is 5.91 Å². The molecule has 178 valence electrons. The van der Waals surface area contributed by atoms with Crippen LogP contribution in [-0.4, -0.2) is 28.3 Å². The van der Waals surface area contributed by atoms with Gasteiger partial charge in [0.05, 0.1) is 18.0 Å². The number of amides is 1. The van der Waals surface area contributed by atoms with Crippen LogP contribution in [0.3, 0.4) is 0 Å². The smallest absolute Gasteiger partial charge is 0.358 e. The standard InChI is InChI=1S/C26H20F3N3O3/c1-3-35-26(34)21-14-23(32(31-21)22-10-5-4-7-15(22)2)16-8-6-9-18(11-16)30-25(33)24-19(28)12-17(27)13-20(24)29/h4-14H,3H2,1-2H3,(H,30,33). The van der Waals surface area contributed by atoms with E-state index in [1.807, 2.05) is 31.2 Å². The van der Waals surface area contributed by atoms with Gasteiger partial charge in [0, 0.05) is 23.4 Å². The summed E-state index contributed by atoms with van der Waals surface area (Å²) in [7, 11) is 0. The Morgan fingerprint density at radius 2 is 1.69 bits per heavy atom. The Hall–Kier alpha value is -4.40. The number of anilines is 1. The zero-order chi connectivity index (χ0) is 25.1. The Morgan fingerprint density at radius 1 is 0.971 bits per heavy atom. The summed E-state index contributed by atoms with van der Waals surface area (Å²) in [5, 5.41) is 6.85. The molecule has 4 aromatic rings. The number of ether oxygens (including phenoxy) is 1. The highest BCUT2D eigenvalue weighted by atomic mass is 19.1. The number of halogens is 3. The van der Waals surface area contributed by atoms with Gasteiger partial charge in [-0.15, -0.1) is 0 Å². The topological polar surface area (TPSA) is 73.2 Å². The molecule has 35 heavy (non-hydrogen) atoms. The number of aryl methyl sites for hydroxylation is 1. The second-order valence-electron chi connectivity index (χ2n) is 7.61. The second-order valence-corrected chi connectivity index (χ2v) is 7.61. The van der Waals surface area contributed by atoms with E-state index in [1.54, 1.807) is 35.9 Å². The highest BCUT2D eigenvalue weighted by Crippen LogP contribution is 2.28. The van der Waals surface area contributed by atoms with E-state index in [1.165, 1.54) is 6.07 Å². The molecule has 0 fully saturated rings. The van der Waals surface area contributed by atoms with Crippen molar-refractivity contribution in [2.45, 2.75) is 13.8 Å². The lowest BCUT2D eigenvalue weighted by Gasteiger charge is -2.12. The first-order valence-electron chi connectivity index (χ1n) is 10.7. The number of esters is 1. The van der Waals surface area contributed by atoms with Crippen LogP contribution in [0.4, 0.5) is 18.9 Å². The van der Waals surface area contributed by atoms with E-state index in [2.05, 4.69) is 10.4 Å². The van der Waals surface area contributed by atoms with Crippen molar-refractivity contribution in [3.05, 3.63) is 101 Å². The summed E-state index contributed by atoms with van der Waals surface area (Å²) in [5.74, 6) is -5.41. The molecule has 0 aliphatic heterocycles. The summed E-state index contributed by atoms with van der Waals surface area (Å²) in [6, 6.07) is 16.3. The van der Waals surface area contributed by atoms with Crippen molar-refractivity contribution >= 4 is 17.6 Å². The molecule has 0 saturated carbocycles. The molecule has 6 nitrogen and oxygen atoms in total. The fourth-order valence-corrected chi connectivity index (χ4v) is 3.59. The monoisotopic (exact) mass is 479 g/mol. The summed E-state index contributed by atoms with van der Waals surface area (Å²) in [6.07, 6.45) is 0. The fourth-order valence-electron chi connectivity index (χ4n) is 3.59. The molecule has 3 aromatic carbocycles. The van der Waals surface area contributed by atoms with Crippen molar-refractivity contribution in [3.8, 4) is 16.9 Å². The van der Waals surface area contributed by atoms with Gasteiger partial charge in [0.1, 0.15) is 23.0 Å². The predicted molar refractivity (Wildman–Crippen MR) is 124 cm³/mol. The van der Waals surface area contributed by atoms with Crippen LogP contribution < -0.4 is 5.32 Å². The number of para-hydroxylation sites is 1. The first-order valence-corrected chi connectivity index (χ1v) is 10.7. The van der Waals surface area contributed by atoms with Gasteiger partial charge in [0.15, 0.2) is 5.69 Å². The number of carbonyl (C=O) groups excluding carboxylic acids is 2. The van der Waals surface area contributed by atoms with Gasteiger partial charge >= 0.3 is 5.97 Å². The van der Waals surface area contributed by atoms with Crippen LogP contribution in [0, 0.1) is 24.4 Å². The number of aromatic nitrogens is 2. The van der Waals surface area contributed by atoms with Gasteiger partial charge in [-0.1, -0.05) is 30.3 Å². The number of hydrogen-bond acceptors (Lipinski definition) is 4. The third-order valence-corrected chi connectivity index (χ3v) is 5.19. The minimum atomic E-state index is -1.31. The van der Waals surface area contributed by atoms with Crippen molar-refractivity contribution in [1.29, 1.82) is 0 Å². The average Bonchev–Trinajstić information content (AvgIpc) is 3.24. The molecule has 0 atom stereocenters. The zero-order valence-corrected chi connectivity index (χ0v) is 18.8. The largest absolute Gasteiger partial charge is 0.461 e. The number of nitrogens with one attached hydrogen (secondary N) is 1. The molecule has 0 spiro atoms. The Bertz CT molecular complexity index is 1410. The third kappa shape index (κ3) is 4.93. The van der Waals surface area contributed by atoms with E-state index in [4.69, 9.17) is 4.74 Å². The SMILES string of the molecule is CCOC(=O)c1cc(-c2cccc(NC(=O)c3c(F)cc(F)cc3F)c2)n(-c2ccccc2C)n1. The molecule has 4 rings (SSSR count). The maximum absolute atomic E-state index is 14.0. The van der Waals surface area contributed by atoms with Gasteiger partial charge in [-0.25, -0.2) is 22.6 Å². The number of benzene rings is 3. The van der Waals surface area contributed by atoms with E-state index < -0.39 is 34.9 Å². The van der Waals surface area contributed by atoms with Crippen molar-refractivity contribution < 1.29 is 27.5 Å². The molecule has 0 aliphatic carbocycles. The molecular formula is C26H20F3N3O3. The highest BCUT2D eigenvalue weighted by molar-refractivity contribution is 6.05. The van der Waals surface area contributed by atoms with Crippen LogP contribution in [0.15, 0.2) is 66.7 Å². The Kier molecular flexibility index (Phi) is 6.68. The molecule has 1 heterocycles. The van der Waals surface area contributed by atoms with Crippen LogP contribution >= 0.6 is 0 Å². The first-order chi connectivity index (χ1) is 16.8. The van der Waals surface area contributed by atoms with E-state index in [0.717, 1.165) is 11.3 Å². The molecule has 0 radical (unpaired) electrons. The molecular weight excluding hydrogens is 459 g/mol. The number of nitrogens with zero attached hydrogens (tertiary/aromatic N) is 2. The van der Waals surface area contributed by atoms with Gasteiger partial charge in [-0.2, -0.15) is 5.10 Å². The lowest BCUT2D eigenvalue weighted by Crippen LogP contribution is -2.16. The number of carbonyl (C=O) groups is 2. The van der Waals surface area contributed by atoms with E-state index in [-0.39, 0.29) is 18.0 Å². The lowest BCUT2D eigenvalue weighted by atomic mass is 10.1. The van der Waals surface area contributed by atoms with Crippen LogP contribution in [0.25, 0.3) is 16.9 Å². The molecule has 1 amide bonds. The molecule has 0 aliphatic rings. The zero-order valence-electron chi connectivity index (χ0n) is 18.8. The van der Waals surface area contributed by atoms with Gasteiger partial charge in [-0.05, 0) is 43.7 Å². The minimum Gasteiger partial charge on any atom is -0.461 e. The van der Waals surface area contributed by atoms with Crippen LogP contribution in [0.5, 0.6) is 0 Å². The summed E-state index contributed by atoms with van der Waals surface area (Å²) >= 11 is 0. The average molecular weight is 479 g/mol. The van der Waals surface area contributed by atoms with Crippen molar-refractivity contribution in [2.75, 3.05) is 11.9 Å². The molecule has 0 bridgehead atoms. The maximum atomic E-state index is 14.0. The second kappa shape index (κ2) is 9.84. The number of hydrogen-bond donors (Lipinski definition) is 1. The van der Waals surface area contributed by atoms with E-state index in [9.17, 15) is 22.8 Å². The van der Waals surface area contributed by atoms with Gasteiger partial charge < -0.3 is 10.1 Å². The van der Waals surface area contributed by atoms with E-state index in [0.29, 0.717) is 23.4 Å². The molecule has 1 aromatic heterocycles. The van der Waals surface area contributed by atoms with Crippen molar-refractivity contribution in [1.82, 2.24) is 9.78 Å². The molecule has 0 saturated heterocycles. The summed E-state index contributed by atoms with van der Waals surface area (Å²) < 4.78 is 47.9. The Balaban J connectivity index is 1.74. The van der Waals surface area contributed by atoms with Gasteiger partial charge in [-0.3, -0.25) is 4.79 Å². The quantitative estimate of drug-likeness (QED) is 0.361. The highest BCUT2D eigenvalue weighted by Gasteiger charge is 2.21. The third-order valence-electron chi connectivity index (χ3n) is 5.19. The van der Waals surface area contributed by atoms with Crippen LogP contribution in [-0.2, 0) is 4.74 Å². The Labute approximate surface area is 199 Å². The van der Waals surface area contributed by atoms with Crippen LogP contribution in [0.2, 0.25) is 0 Å². The maximum Gasteiger partial charge on any atom is 0.358 e. The summed E-state index contributed by atoms with van der Waals surface area (Å²) in [5.41, 5.74) is 2.14. The van der Waals surface area contributed by atoms with Crippen LogP contribution in [0.1, 0.15) is 33.3 Å². The minimum absolute atomic E-state index is 0.0926. The first kappa shape index (κ1) is 23.7. The summed E-state index contributed by atoms with van der Waals surface area (Å²) in [6.45, 7) is 3.77. The number of rotatable bonds is 6. The van der Waals surface area contributed by atoms with Crippen molar-refractivity contribution in [3.63, 3.8) is 0 Å². The Morgan fingerprint density at radius 3 is 2.37 bits per heavy atom. The normalized spacial score (nSPS) is 10.8. The molecule has 9 heteroatoms.